The van der Waals surface area contributed by atoms with E-state index in [-0.39, 0.29) is 0 Å². The zero-order valence-corrected chi connectivity index (χ0v) is 49.7. The van der Waals surface area contributed by atoms with E-state index in [1.54, 1.807) is 0 Å². The van der Waals surface area contributed by atoms with Gasteiger partial charge in [-0.25, -0.2) is 0 Å². The first-order chi connectivity index (χ1) is 34.7. The summed E-state index contributed by atoms with van der Waals surface area (Å²) in [5.41, 5.74) is 11.9. The topological polar surface area (TPSA) is 6.48 Å². The standard InChI is InChI=1S/C66H70N2SSi4/c1-70(2,3)55-35-27-51(28-36-55)67(52-29-37-56(38-30-52)71(4,5)6)65-59-20-16-17-21-60(59)66(68(53-31-39-57(40-32-53)72(7,8)9)54-33-41-58(42-34-54)73(10,11)12)62-46-50(26-43-61(62)65)47-22-24-49(25-23-47)64-45-44-63(69-64)48-18-14-13-15-19-48/h13-46H,1-12H3. The van der Waals surface area contributed by atoms with Gasteiger partial charge in [0.2, 0.25) is 0 Å². The number of nitrogens with zero attached hydrogens (tertiary/aromatic N) is 2. The molecule has 10 aromatic rings. The molecule has 2 nitrogen and oxygen atoms in total. The van der Waals surface area contributed by atoms with E-state index >= 15 is 0 Å². The number of benzene rings is 9. The number of rotatable bonds is 13. The number of hydrogen-bond donors (Lipinski definition) is 0. The summed E-state index contributed by atoms with van der Waals surface area (Å²) in [5.74, 6) is 0. The summed E-state index contributed by atoms with van der Waals surface area (Å²) in [5, 5.41) is 10.6. The van der Waals surface area contributed by atoms with Gasteiger partial charge in [-0.2, -0.15) is 0 Å². The normalized spacial score (nSPS) is 12.4. The number of thiophene rings is 1. The molecule has 0 saturated heterocycles. The van der Waals surface area contributed by atoms with Crippen LogP contribution in [-0.4, -0.2) is 32.3 Å². The number of fused-ring (bicyclic) bond motifs is 2. The van der Waals surface area contributed by atoms with Gasteiger partial charge in [-0.3, -0.25) is 0 Å². The van der Waals surface area contributed by atoms with E-state index in [2.05, 4.69) is 295 Å². The predicted molar refractivity (Wildman–Crippen MR) is 337 cm³/mol. The molecule has 0 aliphatic carbocycles. The second kappa shape index (κ2) is 19.5. The Morgan fingerprint density at radius 2 is 0.562 bits per heavy atom. The highest BCUT2D eigenvalue weighted by molar-refractivity contribution is 7.18. The van der Waals surface area contributed by atoms with E-state index in [0.717, 1.165) is 22.7 Å². The lowest BCUT2D eigenvalue weighted by Crippen LogP contribution is -2.37. The van der Waals surface area contributed by atoms with E-state index < -0.39 is 32.3 Å². The fourth-order valence-corrected chi connectivity index (χ4v) is 15.8. The summed E-state index contributed by atoms with van der Waals surface area (Å²) < 4.78 is 0. The van der Waals surface area contributed by atoms with E-state index in [1.807, 2.05) is 11.3 Å². The molecular formula is C66H70N2SSi4. The van der Waals surface area contributed by atoms with Crippen LogP contribution < -0.4 is 30.5 Å². The van der Waals surface area contributed by atoms with Gasteiger partial charge in [0.05, 0.1) is 43.7 Å². The van der Waals surface area contributed by atoms with Crippen molar-refractivity contribution in [3.05, 3.63) is 206 Å². The molecule has 0 saturated carbocycles. The minimum atomic E-state index is -1.58. The van der Waals surface area contributed by atoms with Crippen LogP contribution in [0.1, 0.15) is 0 Å². The summed E-state index contributed by atoms with van der Waals surface area (Å²) in [4.78, 5) is 7.66. The zero-order chi connectivity index (χ0) is 51.5. The molecule has 0 N–H and O–H groups in total. The van der Waals surface area contributed by atoms with Crippen molar-refractivity contribution in [1.82, 2.24) is 0 Å². The van der Waals surface area contributed by atoms with Gasteiger partial charge in [0.15, 0.2) is 0 Å². The fraction of sp³-hybridized carbons (Fsp3) is 0.182. The van der Waals surface area contributed by atoms with Crippen LogP contribution in [0.15, 0.2) is 206 Å². The maximum absolute atomic E-state index is 2.56. The van der Waals surface area contributed by atoms with Crippen molar-refractivity contribution < 1.29 is 0 Å². The largest absolute Gasteiger partial charge is 0.309 e. The highest BCUT2D eigenvalue weighted by Crippen LogP contribution is 2.52. The lowest BCUT2D eigenvalue weighted by Gasteiger charge is -2.34. The minimum absolute atomic E-state index is 1.16. The Labute approximate surface area is 443 Å². The molecule has 0 bridgehead atoms. The van der Waals surface area contributed by atoms with Crippen LogP contribution in [0.3, 0.4) is 0 Å². The van der Waals surface area contributed by atoms with Crippen molar-refractivity contribution in [1.29, 1.82) is 0 Å². The lowest BCUT2D eigenvalue weighted by atomic mass is 9.92. The van der Waals surface area contributed by atoms with Crippen LogP contribution in [-0.2, 0) is 0 Å². The van der Waals surface area contributed by atoms with Crippen LogP contribution in [0, 0.1) is 0 Å². The second-order valence-corrected chi connectivity index (χ2v) is 45.4. The van der Waals surface area contributed by atoms with Gasteiger partial charge in [-0.05, 0) is 89.0 Å². The first kappa shape index (κ1) is 50.2. The Balaban J connectivity index is 1.25. The van der Waals surface area contributed by atoms with Gasteiger partial charge < -0.3 is 9.80 Å². The molecule has 0 fully saturated rings. The van der Waals surface area contributed by atoms with Crippen molar-refractivity contribution in [2.75, 3.05) is 9.80 Å². The smallest absolute Gasteiger partial charge is 0.0775 e. The Bertz CT molecular complexity index is 3440. The monoisotopic (exact) mass is 1030 g/mol. The maximum atomic E-state index is 2.56. The molecule has 0 amide bonds. The van der Waals surface area contributed by atoms with E-state index in [0.29, 0.717) is 0 Å². The quantitative estimate of drug-likeness (QED) is 0.0645. The van der Waals surface area contributed by atoms with Crippen molar-refractivity contribution in [3.63, 3.8) is 0 Å². The molecule has 0 atom stereocenters. The third-order valence-corrected chi connectivity index (χ3v) is 24.0. The molecule has 7 heteroatoms. The van der Waals surface area contributed by atoms with Gasteiger partial charge in [0, 0.05) is 54.0 Å². The predicted octanol–water partition coefficient (Wildman–Crippen LogP) is 18.2. The molecule has 73 heavy (non-hydrogen) atoms. The van der Waals surface area contributed by atoms with Crippen molar-refractivity contribution >= 4 is 120 Å². The molecule has 0 spiro atoms. The summed E-state index contributed by atoms with van der Waals surface area (Å²) in [6.07, 6.45) is 0. The third kappa shape index (κ3) is 10.3. The first-order valence-electron chi connectivity index (χ1n) is 26.0. The van der Waals surface area contributed by atoms with Crippen LogP contribution >= 0.6 is 11.3 Å². The van der Waals surface area contributed by atoms with Gasteiger partial charge in [-0.15, -0.1) is 11.3 Å². The summed E-state index contributed by atoms with van der Waals surface area (Å²) in [7, 11) is -6.29. The average molecular weight is 1040 g/mol. The van der Waals surface area contributed by atoms with E-state index in [1.165, 1.54) is 85.7 Å². The van der Waals surface area contributed by atoms with Gasteiger partial charge in [0.25, 0.3) is 0 Å². The summed E-state index contributed by atoms with van der Waals surface area (Å²) in [6.45, 7) is 29.3. The van der Waals surface area contributed by atoms with Crippen LogP contribution in [0.2, 0.25) is 78.6 Å². The first-order valence-corrected chi connectivity index (χ1v) is 40.8. The SMILES string of the molecule is C[Si](C)(C)c1ccc(N(c2ccc([Si](C)(C)C)cc2)c2c3ccccc3c(N(c3ccc([Si](C)(C)C)cc3)c3ccc([Si](C)(C)C)cc3)c3cc(-c4ccc(-c5ccc(-c6ccccc6)s5)cc4)ccc23)cc1. The molecule has 0 aliphatic rings. The van der Waals surface area contributed by atoms with Crippen LogP contribution in [0.5, 0.6) is 0 Å². The summed E-state index contributed by atoms with van der Waals surface area (Å²) in [6, 6.07) is 79.0. The molecule has 0 aliphatic heterocycles. The fourth-order valence-electron chi connectivity index (χ4n) is 10.1. The molecule has 10 rings (SSSR count). The van der Waals surface area contributed by atoms with Gasteiger partial charge >= 0.3 is 0 Å². The second-order valence-electron chi connectivity index (χ2n) is 24.0. The molecule has 0 radical (unpaired) electrons. The Kier molecular flexibility index (Phi) is 13.4. The van der Waals surface area contributed by atoms with Crippen LogP contribution in [0.25, 0.3) is 53.6 Å². The van der Waals surface area contributed by atoms with Crippen molar-refractivity contribution in [3.8, 4) is 32.0 Å². The van der Waals surface area contributed by atoms with Gasteiger partial charge in [-0.1, -0.05) is 239 Å². The molecular weight excluding hydrogens is 965 g/mol. The number of hydrogen-bond acceptors (Lipinski definition) is 3. The highest BCUT2D eigenvalue weighted by Gasteiger charge is 2.28. The molecule has 1 aromatic heterocycles. The van der Waals surface area contributed by atoms with Crippen molar-refractivity contribution in [2.45, 2.75) is 78.6 Å². The Morgan fingerprint density at radius 3 is 0.932 bits per heavy atom. The maximum Gasteiger partial charge on any atom is 0.0775 e. The van der Waals surface area contributed by atoms with E-state index in [4.69, 9.17) is 0 Å². The molecule has 9 aromatic carbocycles. The molecule has 1 heterocycles. The third-order valence-electron chi connectivity index (χ3n) is 14.5. The minimum Gasteiger partial charge on any atom is -0.309 e. The number of anilines is 6. The zero-order valence-electron chi connectivity index (χ0n) is 44.9. The Morgan fingerprint density at radius 1 is 0.260 bits per heavy atom. The van der Waals surface area contributed by atoms with Gasteiger partial charge in [0.1, 0.15) is 0 Å². The molecule has 366 valence electrons. The summed E-state index contributed by atoms with van der Waals surface area (Å²) >= 11 is 1.85. The van der Waals surface area contributed by atoms with Crippen molar-refractivity contribution in [2.24, 2.45) is 0 Å². The Hall–Kier alpha value is -6.33. The molecule has 0 unspecified atom stereocenters. The van der Waals surface area contributed by atoms with E-state index in [9.17, 15) is 0 Å². The average Bonchev–Trinajstić information content (AvgIpc) is 3.88. The lowest BCUT2D eigenvalue weighted by molar-refractivity contribution is 1.30. The highest BCUT2D eigenvalue weighted by atomic mass is 32.1. The van der Waals surface area contributed by atoms with Crippen LogP contribution in [0.4, 0.5) is 34.1 Å².